The van der Waals surface area contributed by atoms with Crippen LogP contribution in [-0.2, 0) is 4.74 Å². The van der Waals surface area contributed by atoms with Crippen molar-refractivity contribution in [3.8, 4) is 0 Å². The molecule has 2 aromatic heterocycles. The van der Waals surface area contributed by atoms with Crippen LogP contribution in [-0.4, -0.2) is 74.2 Å². The number of rotatable bonds is 4. The molecule has 2 saturated heterocycles. The number of fused-ring (bicyclic) bond motifs is 1. The molecule has 0 saturated carbocycles. The fourth-order valence-corrected chi connectivity index (χ4v) is 4.42. The van der Waals surface area contributed by atoms with Crippen molar-refractivity contribution in [1.82, 2.24) is 25.1 Å². The summed E-state index contributed by atoms with van der Waals surface area (Å²) in [5.41, 5.74) is -0.439. The van der Waals surface area contributed by atoms with Crippen LogP contribution in [0, 0.1) is 17.5 Å². The number of alkyl halides is 1. The van der Waals surface area contributed by atoms with Crippen molar-refractivity contribution < 1.29 is 32.2 Å². The molecule has 2 fully saturated rings. The number of likely N-dealkylation sites (tertiary alicyclic amines) is 1. The van der Waals surface area contributed by atoms with Gasteiger partial charge in [0.1, 0.15) is 24.1 Å². The Hall–Kier alpha value is -3.32. The number of aromatic amines is 1. The average molecular weight is 480 g/mol. The van der Waals surface area contributed by atoms with E-state index in [0.29, 0.717) is 19.1 Å². The standard InChI is InChI=1S/C21H20F4N6O3/c22-9-3-11(17(25)12(24)4-9)14-5-10(23)6-31(14)21(33)18-16-19(26-8-27-20(16)30-29-18)28-13-7-34-2-1-15(13)32/h3-4,8,10,13-15,32H,1-2,5-7H2,(H2,26,27,28,29,30)/t10-,13+,14+,15+/m0/s1. The van der Waals surface area contributed by atoms with Gasteiger partial charge in [0.05, 0.1) is 36.7 Å². The second-order valence-corrected chi connectivity index (χ2v) is 8.30. The number of nitrogens with zero attached hydrogens (tertiary/aromatic N) is 4. The van der Waals surface area contributed by atoms with E-state index in [1.165, 1.54) is 6.33 Å². The van der Waals surface area contributed by atoms with Crippen LogP contribution in [0.4, 0.5) is 23.4 Å². The molecule has 34 heavy (non-hydrogen) atoms. The Kier molecular flexibility index (Phi) is 5.81. The first-order valence-electron chi connectivity index (χ1n) is 10.6. The van der Waals surface area contributed by atoms with E-state index in [-0.39, 0.29) is 35.6 Å². The highest BCUT2D eigenvalue weighted by atomic mass is 19.2. The molecule has 180 valence electrons. The first kappa shape index (κ1) is 22.5. The fourth-order valence-electron chi connectivity index (χ4n) is 4.42. The third-order valence-electron chi connectivity index (χ3n) is 6.09. The predicted molar refractivity (Wildman–Crippen MR) is 110 cm³/mol. The molecule has 5 rings (SSSR count). The zero-order chi connectivity index (χ0) is 24.0. The number of aliphatic hydroxyl groups excluding tert-OH is 1. The van der Waals surface area contributed by atoms with Gasteiger partial charge in [-0.05, 0) is 12.5 Å². The molecule has 9 nitrogen and oxygen atoms in total. The van der Waals surface area contributed by atoms with Crippen molar-refractivity contribution in [2.24, 2.45) is 0 Å². The summed E-state index contributed by atoms with van der Waals surface area (Å²) in [6, 6.07) is -0.616. The number of ether oxygens (including phenoxy) is 1. The van der Waals surface area contributed by atoms with Crippen LogP contribution >= 0.6 is 0 Å². The van der Waals surface area contributed by atoms with Crippen molar-refractivity contribution in [3.63, 3.8) is 0 Å². The topological polar surface area (TPSA) is 116 Å². The number of halogens is 4. The molecule has 1 aromatic carbocycles. The van der Waals surface area contributed by atoms with Gasteiger partial charge in [0.25, 0.3) is 5.91 Å². The quantitative estimate of drug-likeness (QED) is 0.388. The molecule has 0 unspecified atom stereocenters. The molecule has 2 aliphatic rings. The average Bonchev–Trinajstić information content (AvgIpc) is 3.41. The molecule has 2 aliphatic heterocycles. The number of carbonyl (C=O) groups excluding carboxylic acids is 1. The van der Waals surface area contributed by atoms with E-state index in [1.54, 1.807) is 0 Å². The van der Waals surface area contributed by atoms with Crippen molar-refractivity contribution >= 4 is 22.8 Å². The summed E-state index contributed by atoms with van der Waals surface area (Å²) in [6.07, 6.45) is -0.944. The van der Waals surface area contributed by atoms with Crippen LogP contribution < -0.4 is 5.32 Å². The Morgan fingerprint density at radius 1 is 1.26 bits per heavy atom. The number of aromatic nitrogens is 4. The number of carbonyl (C=O) groups is 1. The fraction of sp³-hybridized carbons (Fsp3) is 0.429. The van der Waals surface area contributed by atoms with Crippen LogP contribution in [0.25, 0.3) is 11.0 Å². The second-order valence-electron chi connectivity index (χ2n) is 8.30. The number of nitrogens with one attached hydrogen (secondary N) is 2. The zero-order valence-electron chi connectivity index (χ0n) is 17.6. The van der Waals surface area contributed by atoms with E-state index in [2.05, 4.69) is 25.5 Å². The summed E-state index contributed by atoms with van der Waals surface area (Å²) >= 11 is 0. The van der Waals surface area contributed by atoms with Gasteiger partial charge in [0.2, 0.25) is 0 Å². The summed E-state index contributed by atoms with van der Waals surface area (Å²) in [5, 5.41) is 20.1. The number of aliphatic hydroxyl groups is 1. The summed E-state index contributed by atoms with van der Waals surface area (Å²) < 4.78 is 61.8. The third kappa shape index (κ3) is 3.94. The Balaban J connectivity index is 1.52. The molecule has 0 radical (unpaired) electrons. The van der Waals surface area contributed by atoms with Gasteiger partial charge in [-0.25, -0.2) is 27.5 Å². The van der Waals surface area contributed by atoms with Gasteiger partial charge in [-0.3, -0.25) is 9.89 Å². The van der Waals surface area contributed by atoms with E-state index in [4.69, 9.17) is 4.74 Å². The van der Waals surface area contributed by atoms with Gasteiger partial charge in [-0.15, -0.1) is 0 Å². The van der Waals surface area contributed by atoms with E-state index < -0.39 is 59.8 Å². The summed E-state index contributed by atoms with van der Waals surface area (Å²) in [5.74, 6) is -4.42. The van der Waals surface area contributed by atoms with Crippen molar-refractivity contribution in [1.29, 1.82) is 0 Å². The maximum atomic E-state index is 14.5. The molecule has 4 heterocycles. The second kappa shape index (κ2) is 8.80. The van der Waals surface area contributed by atoms with Crippen molar-refractivity contribution in [2.75, 3.05) is 25.1 Å². The smallest absolute Gasteiger partial charge is 0.275 e. The predicted octanol–water partition coefficient (Wildman–Crippen LogP) is 2.26. The number of H-pyrrole nitrogens is 1. The lowest BCUT2D eigenvalue weighted by Crippen LogP contribution is -2.42. The number of anilines is 1. The highest BCUT2D eigenvalue weighted by Crippen LogP contribution is 2.38. The highest BCUT2D eigenvalue weighted by Gasteiger charge is 2.40. The molecular weight excluding hydrogens is 460 g/mol. The number of hydrogen-bond acceptors (Lipinski definition) is 7. The van der Waals surface area contributed by atoms with E-state index in [1.807, 2.05) is 0 Å². The van der Waals surface area contributed by atoms with E-state index in [0.717, 1.165) is 11.0 Å². The molecule has 13 heteroatoms. The number of amides is 1. The molecule has 1 amide bonds. The van der Waals surface area contributed by atoms with E-state index in [9.17, 15) is 27.5 Å². The van der Waals surface area contributed by atoms with Crippen LogP contribution in [0.15, 0.2) is 18.5 Å². The van der Waals surface area contributed by atoms with Gasteiger partial charge >= 0.3 is 0 Å². The van der Waals surface area contributed by atoms with Gasteiger partial charge in [-0.1, -0.05) is 0 Å². The van der Waals surface area contributed by atoms with Gasteiger partial charge < -0.3 is 20.1 Å². The summed E-state index contributed by atoms with van der Waals surface area (Å²) in [4.78, 5) is 22.6. The van der Waals surface area contributed by atoms with Crippen molar-refractivity contribution in [2.45, 2.75) is 37.2 Å². The first-order valence-corrected chi connectivity index (χ1v) is 10.6. The third-order valence-corrected chi connectivity index (χ3v) is 6.09. The van der Waals surface area contributed by atoms with Crippen LogP contribution in [0.3, 0.4) is 0 Å². The summed E-state index contributed by atoms with van der Waals surface area (Å²) in [7, 11) is 0. The Labute approximate surface area is 190 Å². The lowest BCUT2D eigenvalue weighted by Gasteiger charge is -2.29. The largest absolute Gasteiger partial charge is 0.391 e. The minimum absolute atomic E-state index is 0.178. The Bertz CT molecular complexity index is 1240. The maximum Gasteiger partial charge on any atom is 0.275 e. The summed E-state index contributed by atoms with van der Waals surface area (Å²) in [6.45, 7) is 0.197. The van der Waals surface area contributed by atoms with Gasteiger partial charge in [0, 0.05) is 24.7 Å². The molecule has 0 spiro atoms. The molecule has 3 N–H and O–H groups in total. The molecule has 3 aromatic rings. The number of hydrogen-bond donors (Lipinski definition) is 3. The molecule has 0 bridgehead atoms. The van der Waals surface area contributed by atoms with Gasteiger partial charge in [-0.2, -0.15) is 5.10 Å². The Morgan fingerprint density at radius 2 is 2.09 bits per heavy atom. The minimum Gasteiger partial charge on any atom is -0.391 e. The van der Waals surface area contributed by atoms with Crippen molar-refractivity contribution in [3.05, 3.63) is 47.2 Å². The monoisotopic (exact) mass is 480 g/mol. The highest BCUT2D eigenvalue weighted by molar-refractivity contribution is 6.07. The zero-order valence-corrected chi connectivity index (χ0v) is 17.6. The molecule has 4 atom stereocenters. The normalized spacial score (nSPS) is 25.1. The first-order chi connectivity index (χ1) is 16.3. The van der Waals surface area contributed by atoms with Crippen LogP contribution in [0.1, 0.15) is 34.9 Å². The molecular formula is C21H20F4N6O3. The number of benzene rings is 1. The lowest BCUT2D eigenvalue weighted by atomic mass is 10.0. The Morgan fingerprint density at radius 3 is 2.88 bits per heavy atom. The SMILES string of the molecule is O=C(c1n[nH]c2ncnc(N[C@@H]3COCC[C@H]3O)c12)N1C[C@@H](F)C[C@@H]1c1cc(F)cc(F)c1F. The minimum atomic E-state index is -1.53. The lowest BCUT2D eigenvalue weighted by molar-refractivity contribution is 0.00308. The van der Waals surface area contributed by atoms with Crippen LogP contribution in [0.2, 0.25) is 0 Å². The molecule has 0 aliphatic carbocycles. The van der Waals surface area contributed by atoms with E-state index >= 15 is 0 Å². The maximum absolute atomic E-state index is 14.5. The van der Waals surface area contributed by atoms with Crippen LogP contribution in [0.5, 0.6) is 0 Å². The van der Waals surface area contributed by atoms with Gasteiger partial charge in [0.15, 0.2) is 23.0 Å².